The van der Waals surface area contributed by atoms with Crippen molar-refractivity contribution in [3.63, 3.8) is 0 Å². The van der Waals surface area contributed by atoms with Gasteiger partial charge in [-0.2, -0.15) is 0 Å². The van der Waals surface area contributed by atoms with E-state index >= 15 is 0 Å². The smallest absolute Gasteiger partial charge is 0.408 e. The van der Waals surface area contributed by atoms with Gasteiger partial charge in [0.1, 0.15) is 37.5 Å². The molecule has 6 aromatic rings. The van der Waals surface area contributed by atoms with Gasteiger partial charge >= 0.3 is 12.2 Å². The number of benzene rings is 4. The van der Waals surface area contributed by atoms with Gasteiger partial charge in [0.05, 0.1) is 37.8 Å². The third kappa shape index (κ3) is 12.9. The van der Waals surface area contributed by atoms with Gasteiger partial charge < -0.3 is 44.6 Å². The Balaban J connectivity index is 1.08. The summed E-state index contributed by atoms with van der Waals surface area (Å²) in [5.74, 6) is -0.911. The number of alkyl carbamates (subject to hydrolysis) is 2. The van der Waals surface area contributed by atoms with Crippen molar-refractivity contribution < 1.29 is 33.4 Å². The zero-order valence-electron chi connectivity index (χ0n) is 33.4. The molecular weight excluding hydrogens is 777 g/mol. The maximum absolute atomic E-state index is 14.2. The van der Waals surface area contributed by atoms with Gasteiger partial charge in [-0.3, -0.25) is 9.59 Å². The highest BCUT2D eigenvalue weighted by molar-refractivity contribution is 5.86. The van der Waals surface area contributed by atoms with Gasteiger partial charge in [0, 0.05) is 24.8 Å². The molecule has 0 radical (unpaired) electrons. The predicted molar refractivity (Wildman–Crippen MR) is 224 cm³/mol. The number of nitrogens with zero attached hydrogens (tertiary/aromatic N) is 4. The summed E-state index contributed by atoms with van der Waals surface area (Å²) in [5.41, 5.74) is 3.51. The number of hydrogen-bond donors (Lipinski definition) is 4. The highest BCUT2D eigenvalue weighted by Crippen LogP contribution is 2.32. The number of amides is 4. The number of hydrogen-bond acceptors (Lipinski definition) is 9. The fourth-order valence-electron chi connectivity index (χ4n) is 7.00. The molecule has 7 rings (SSSR count). The molecule has 0 spiro atoms. The normalized spacial score (nSPS) is 16.2. The summed E-state index contributed by atoms with van der Waals surface area (Å²) in [6.45, 7) is 0.237. The van der Waals surface area contributed by atoms with Crippen molar-refractivity contribution in [2.45, 2.75) is 75.5 Å². The van der Waals surface area contributed by atoms with Crippen molar-refractivity contribution in [1.29, 1.82) is 0 Å². The van der Waals surface area contributed by atoms with E-state index < -0.39 is 60.4 Å². The molecule has 314 valence electrons. The molecule has 0 bridgehead atoms. The summed E-state index contributed by atoms with van der Waals surface area (Å²) in [6.07, 6.45) is 7.93. The Morgan fingerprint density at radius 2 is 0.885 bits per heavy atom. The quantitative estimate of drug-likeness (QED) is 0.0801. The molecule has 1 aliphatic heterocycles. The van der Waals surface area contributed by atoms with Crippen molar-refractivity contribution in [2.24, 2.45) is 0 Å². The van der Waals surface area contributed by atoms with E-state index in [-0.39, 0.29) is 26.3 Å². The zero-order chi connectivity index (χ0) is 42.2. The van der Waals surface area contributed by atoms with E-state index in [1.165, 1.54) is 0 Å². The van der Waals surface area contributed by atoms with Crippen molar-refractivity contribution in [3.05, 3.63) is 181 Å². The van der Waals surface area contributed by atoms with Crippen molar-refractivity contribution >= 4 is 24.0 Å². The highest BCUT2D eigenvalue weighted by Gasteiger charge is 2.51. The summed E-state index contributed by atoms with van der Waals surface area (Å²) in [7, 11) is 0. The molecule has 15 nitrogen and oxygen atoms in total. The van der Waals surface area contributed by atoms with Crippen molar-refractivity contribution in [2.75, 3.05) is 0 Å². The van der Waals surface area contributed by atoms with Crippen LogP contribution in [0.4, 0.5) is 9.59 Å². The van der Waals surface area contributed by atoms with Gasteiger partial charge in [-0.05, 0) is 35.1 Å². The Morgan fingerprint density at radius 3 is 1.23 bits per heavy atom. The van der Waals surface area contributed by atoms with Crippen molar-refractivity contribution in [3.8, 4) is 0 Å². The number of carbonyl (C=O) groups is 4. The van der Waals surface area contributed by atoms with Gasteiger partial charge in [-0.15, -0.1) is 0 Å². The minimum absolute atomic E-state index is 0.0302. The van der Waals surface area contributed by atoms with E-state index in [4.69, 9.17) is 14.2 Å². The molecule has 4 aromatic carbocycles. The topological polar surface area (TPSA) is 183 Å². The molecule has 1 fully saturated rings. The molecule has 4 amide bonds. The Hall–Kier alpha value is -7.26. The minimum Gasteiger partial charge on any atom is -0.445 e. The molecule has 1 aliphatic rings. The van der Waals surface area contributed by atoms with Gasteiger partial charge in [0.2, 0.25) is 11.8 Å². The van der Waals surface area contributed by atoms with E-state index in [1.807, 2.05) is 121 Å². The van der Waals surface area contributed by atoms with Gasteiger partial charge in [-0.1, -0.05) is 121 Å². The second-order valence-corrected chi connectivity index (χ2v) is 14.7. The van der Waals surface area contributed by atoms with Crippen LogP contribution >= 0.6 is 0 Å². The van der Waals surface area contributed by atoms with E-state index in [9.17, 15) is 19.2 Å². The Bertz CT molecular complexity index is 2100. The summed E-state index contributed by atoms with van der Waals surface area (Å²) < 4.78 is 20.8. The Kier molecular flexibility index (Phi) is 14.5. The first-order valence-corrected chi connectivity index (χ1v) is 20.1. The van der Waals surface area contributed by atoms with Crippen molar-refractivity contribution in [1.82, 2.24) is 40.4 Å². The first-order chi connectivity index (χ1) is 29.9. The third-order valence-corrected chi connectivity index (χ3v) is 10.2. The predicted octanol–water partition coefficient (Wildman–Crippen LogP) is 4.59. The van der Waals surface area contributed by atoms with Crippen LogP contribution in [0.15, 0.2) is 159 Å². The first kappa shape index (κ1) is 41.9. The molecule has 4 N–H and O–H groups in total. The molecule has 1 saturated heterocycles. The SMILES string of the molecule is O=C(N[C@@H](Cn1ccnc1)C(=O)N[C@@H](Cc1ccccc1)[C@@H]1O[C@@H]1[C@H](Cc1ccccc1)NC(=O)[C@H](Cn1ccnc1)NC(=O)OCc1ccccc1)OCc1ccccc1. The van der Waals surface area contributed by atoms with Gasteiger partial charge in [0.25, 0.3) is 0 Å². The average molecular weight is 825 g/mol. The highest BCUT2D eigenvalue weighted by atomic mass is 16.6. The summed E-state index contributed by atoms with van der Waals surface area (Å²) in [6, 6.07) is 34.6. The maximum Gasteiger partial charge on any atom is 0.408 e. The second kappa shape index (κ2) is 21.1. The monoisotopic (exact) mass is 824 g/mol. The zero-order valence-corrected chi connectivity index (χ0v) is 33.4. The third-order valence-electron chi connectivity index (χ3n) is 10.2. The van der Waals surface area contributed by atoms with Crippen LogP contribution in [0.1, 0.15) is 22.3 Å². The van der Waals surface area contributed by atoms with Crippen LogP contribution in [0.2, 0.25) is 0 Å². The van der Waals surface area contributed by atoms with Crippen LogP contribution in [0.25, 0.3) is 0 Å². The van der Waals surface area contributed by atoms with Crippen LogP contribution in [-0.2, 0) is 62.9 Å². The average Bonchev–Trinajstić information content (AvgIpc) is 3.59. The van der Waals surface area contributed by atoms with Crippen LogP contribution in [0, 0.1) is 0 Å². The van der Waals surface area contributed by atoms with Crippen LogP contribution in [-0.4, -0.2) is 79.5 Å². The van der Waals surface area contributed by atoms with E-state index in [0.717, 1.165) is 22.3 Å². The van der Waals surface area contributed by atoms with E-state index in [0.29, 0.717) is 12.8 Å². The number of imidazole rings is 2. The molecule has 3 heterocycles. The molecular formula is C46H48N8O7. The lowest BCUT2D eigenvalue weighted by atomic mass is 9.95. The Labute approximate surface area is 353 Å². The number of aromatic nitrogens is 4. The van der Waals surface area contributed by atoms with Crippen LogP contribution in [0.3, 0.4) is 0 Å². The summed E-state index contributed by atoms with van der Waals surface area (Å²) in [5, 5.41) is 11.8. The number of epoxide rings is 1. The largest absolute Gasteiger partial charge is 0.445 e. The first-order valence-electron chi connectivity index (χ1n) is 20.1. The van der Waals surface area contributed by atoms with Crippen LogP contribution < -0.4 is 21.3 Å². The van der Waals surface area contributed by atoms with Gasteiger partial charge in [-0.25, -0.2) is 19.6 Å². The van der Waals surface area contributed by atoms with E-state index in [2.05, 4.69) is 31.2 Å². The molecule has 6 atom stereocenters. The molecule has 0 aliphatic carbocycles. The number of rotatable bonds is 20. The maximum atomic E-state index is 14.2. The number of carbonyl (C=O) groups excluding carboxylic acids is 4. The molecule has 0 saturated carbocycles. The second-order valence-electron chi connectivity index (χ2n) is 14.7. The fourth-order valence-corrected chi connectivity index (χ4v) is 7.00. The van der Waals surface area contributed by atoms with Crippen LogP contribution in [0.5, 0.6) is 0 Å². The number of ether oxygens (including phenoxy) is 3. The number of nitrogens with one attached hydrogen (secondary N) is 4. The molecule has 2 aromatic heterocycles. The lowest BCUT2D eigenvalue weighted by Gasteiger charge is -2.25. The molecule has 15 heteroatoms. The molecule has 0 unspecified atom stereocenters. The standard InChI is InChI=1S/C46H48N8O7/c55-43(39(27-53-23-21-47-31-53)51-45(57)59-29-35-17-9-3-10-18-35)49-37(25-33-13-5-1-6-14-33)41-42(61-41)38(26-34-15-7-2-8-16-34)50-44(56)40(28-54-24-22-48-32-54)52-46(58)60-30-36-19-11-4-12-20-36/h1-24,31-32,37-42H,25-30H2,(H,49,55)(H,50,56)(H,51,57)(H,52,58)/t37-,38-,39-,40-,41-,42+/m0/s1. The fraction of sp³-hybridized carbons (Fsp3) is 0.261. The lowest BCUT2D eigenvalue weighted by molar-refractivity contribution is -0.125. The lowest BCUT2D eigenvalue weighted by Crippen LogP contribution is -2.55. The summed E-state index contributed by atoms with van der Waals surface area (Å²) >= 11 is 0. The minimum atomic E-state index is -1.04. The Morgan fingerprint density at radius 1 is 0.525 bits per heavy atom. The van der Waals surface area contributed by atoms with E-state index in [1.54, 1.807) is 46.6 Å². The van der Waals surface area contributed by atoms with Gasteiger partial charge in [0.15, 0.2) is 0 Å². The summed E-state index contributed by atoms with van der Waals surface area (Å²) in [4.78, 5) is 62.9. The molecule has 61 heavy (non-hydrogen) atoms.